The standard InChI is InChI=1S/C18H24N2O4S/c21-13-18(16(22)6-11-25)7-9-20(10-8-18)19-15(17(23)24)12-14-4-2-1-3-5-14/h1-5,13,15,19,25H,6-12H2,(H,23,24). The number of carboxylic acid groups (broad SMARTS) is 1. The van der Waals surface area contributed by atoms with Gasteiger partial charge in [0.25, 0.3) is 0 Å². The van der Waals surface area contributed by atoms with Gasteiger partial charge in [-0.05, 0) is 30.6 Å². The first kappa shape index (κ1) is 19.6. The van der Waals surface area contributed by atoms with Gasteiger partial charge in [0.15, 0.2) is 0 Å². The van der Waals surface area contributed by atoms with Crippen LogP contribution in [-0.2, 0) is 20.8 Å². The topological polar surface area (TPSA) is 86.7 Å². The lowest BCUT2D eigenvalue weighted by Gasteiger charge is -2.38. The van der Waals surface area contributed by atoms with Crippen molar-refractivity contribution in [3.63, 3.8) is 0 Å². The summed E-state index contributed by atoms with van der Waals surface area (Å²) in [6.07, 6.45) is 2.20. The van der Waals surface area contributed by atoms with Crippen molar-refractivity contribution >= 4 is 30.7 Å². The van der Waals surface area contributed by atoms with Crippen LogP contribution in [0.1, 0.15) is 24.8 Å². The second kappa shape index (κ2) is 9.12. The van der Waals surface area contributed by atoms with Crippen molar-refractivity contribution in [2.45, 2.75) is 31.7 Å². The Hall–Kier alpha value is -1.70. The monoisotopic (exact) mass is 364 g/mol. The van der Waals surface area contributed by atoms with E-state index in [9.17, 15) is 19.5 Å². The molecule has 7 heteroatoms. The molecule has 136 valence electrons. The van der Waals surface area contributed by atoms with E-state index in [4.69, 9.17) is 0 Å². The molecule has 1 aliphatic rings. The van der Waals surface area contributed by atoms with Gasteiger partial charge in [0.1, 0.15) is 18.1 Å². The van der Waals surface area contributed by atoms with Gasteiger partial charge in [0.05, 0.1) is 5.41 Å². The number of hydrazine groups is 1. The number of carboxylic acids is 1. The number of aldehydes is 1. The molecule has 0 saturated carbocycles. The van der Waals surface area contributed by atoms with Crippen LogP contribution in [0, 0.1) is 5.41 Å². The van der Waals surface area contributed by atoms with E-state index in [1.807, 2.05) is 30.3 Å². The van der Waals surface area contributed by atoms with Gasteiger partial charge in [-0.2, -0.15) is 12.6 Å². The van der Waals surface area contributed by atoms with E-state index in [2.05, 4.69) is 18.1 Å². The van der Waals surface area contributed by atoms with Crippen molar-refractivity contribution in [1.29, 1.82) is 0 Å². The molecule has 0 radical (unpaired) electrons. The maximum atomic E-state index is 12.2. The maximum Gasteiger partial charge on any atom is 0.322 e. The Morgan fingerprint density at radius 3 is 2.44 bits per heavy atom. The molecule has 1 saturated heterocycles. The number of thiol groups is 1. The summed E-state index contributed by atoms with van der Waals surface area (Å²) in [6, 6.07) is 8.67. The second-order valence-electron chi connectivity index (χ2n) is 6.37. The molecule has 0 amide bonds. The van der Waals surface area contributed by atoms with E-state index in [0.29, 0.717) is 38.1 Å². The number of rotatable bonds is 9. The lowest BCUT2D eigenvalue weighted by molar-refractivity contribution is -0.144. The largest absolute Gasteiger partial charge is 0.480 e. The van der Waals surface area contributed by atoms with Crippen molar-refractivity contribution in [3.05, 3.63) is 35.9 Å². The highest BCUT2D eigenvalue weighted by Gasteiger charge is 2.40. The highest BCUT2D eigenvalue weighted by molar-refractivity contribution is 7.80. The summed E-state index contributed by atoms with van der Waals surface area (Å²) in [6.45, 7) is 0.908. The van der Waals surface area contributed by atoms with Gasteiger partial charge in [-0.1, -0.05) is 30.3 Å². The predicted octanol–water partition coefficient (Wildman–Crippen LogP) is 1.36. The average Bonchev–Trinajstić information content (AvgIpc) is 2.63. The third-order valence-corrected chi connectivity index (χ3v) is 4.92. The number of benzene rings is 1. The van der Waals surface area contributed by atoms with E-state index in [-0.39, 0.29) is 12.2 Å². The molecule has 2 N–H and O–H groups in total. The van der Waals surface area contributed by atoms with E-state index < -0.39 is 17.4 Å². The Bertz CT molecular complexity index is 600. The zero-order valence-corrected chi connectivity index (χ0v) is 15.0. The second-order valence-corrected chi connectivity index (χ2v) is 6.81. The molecule has 1 heterocycles. The molecule has 1 fully saturated rings. The summed E-state index contributed by atoms with van der Waals surface area (Å²) in [5.74, 6) is -0.576. The van der Waals surface area contributed by atoms with Gasteiger partial charge in [-0.15, -0.1) is 0 Å². The highest BCUT2D eigenvalue weighted by Crippen LogP contribution is 2.31. The fourth-order valence-corrected chi connectivity index (χ4v) is 3.31. The Morgan fingerprint density at radius 1 is 1.28 bits per heavy atom. The molecule has 1 aliphatic heterocycles. The third-order valence-electron chi connectivity index (χ3n) is 4.69. The number of nitrogens with one attached hydrogen (secondary N) is 1. The normalized spacial score (nSPS) is 18.4. The molecule has 0 bridgehead atoms. The lowest BCUT2D eigenvalue weighted by Crippen LogP contribution is -2.55. The summed E-state index contributed by atoms with van der Waals surface area (Å²) in [5, 5.41) is 11.3. The van der Waals surface area contributed by atoms with Gasteiger partial charge in [-0.3, -0.25) is 9.59 Å². The first-order chi connectivity index (χ1) is 12.0. The Labute approximate surface area is 153 Å². The SMILES string of the molecule is O=CC1(C(=O)CCS)CCN(NC(Cc2ccccc2)C(=O)O)CC1. The highest BCUT2D eigenvalue weighted by atomic mass is 32.1. The van der Waals surface area contributed by atoms with E-state index in [0.717, 1.165) is 11.8 Å². The molecule has 1 aromatic carbocycles. The predicted molar refractivity (Wildman–Crippen MR) is 97.5 cm³/mol. The van der Waals surface area contributed by atoms with Crippen molar-refractivity contribution in [2.75, 3.05) is 18.8 Å². The van der Waals surface area contributed by atoms with E-state index in [1.165, 1.54) is 0 Å². The fourth-order valence-electron chi connectivity index (χ4n) is 3.11. The zero-order chi connectivity index (χ0) is 18.3. The van der Waals surface area contributed by atoms with E-state index >= 15 is 0 Å². The molecule has 0 aromatic heterocycles. The van der Waals surface area contributed by atoms with Gasteiger partial charge < -0.3 is 9.90 Å². The van der Waals surface area contributed by atoms with Crippen molar-refractivity contribution < 1.29 is 19.5 Å². The zero-order valence-electron chi connectivity index (χ0n) is 14.1. The van der Waals surface area contributed by atoms with Crippen LogP contribution in [0.5, 0.6) is 0 Å². The number of Topliss-reactive ketones (excluding diaryl/α,β-unsaturated/α-hetero) is 1. The summed E-state index contributed by atoms with van der Waals surface area (Å²) in [4.78, 5) is 35.3. The summed E-state index contributed by atoms with van der Waals surface area (Å²) < 4.78 is 0. The third kappa shape index (κ3) is 5.14. The Kier molecular flexibility index (Phi) is 7.16. The number of carbonyl (C=O) groups is 3. The lowest BCUT2D eigenvalue weighted by atomic mass is 9.75. The number of nitrogens with zero attached hydrogens (tertiary/aromatic N) is 1. The number of hydrogen-bond acceptors (Lipinski definition) is 6. The van der Waals surface area contributed by atoms with Gasteiger partial charge in [-0.25, -0.2) is 10.4 Å². The van der Waals surface area contributed by atoms with Crippen LogP contribution in [-0.4, -0.2) is 53.0 Å². The molecule has 6 nitrogen and oxygen atoms in total. The number of hydrogen-bond donors (Lipinski definition) is 3. The van der Waals surface area contributed by atoms with Crippen LogP contribution in [0.4, 0.5) is 0 Å². The van der Waals surface area contributed by atoms with Gasteiger partial charge >= 0.3 is 5.97 Å². The number of ketones is 1. The Morgan fingerprint density at radius 2 is 1.92 bits per heavy atom. The molecule has 2 rings (SSSR count). The number of aliphatic carboxylic acids is 1. The number of carbonyl (C=O) groups excluding carboxylic acids is 2. The van der Waals surface area contributed by atoms with Crippen LogP contribution >= 0.6 is 12.6 Å². The number of piperidine rings is 1. The van der Waals surface area contributed by atoms with Gasteiger partial charge in [0, 0.05) is 19.5 Å². The van der Waals surface area contributed by atoms with Crippen LogP contribution in [0.3, 0.4) is 0 Å². The summed E-state index contributed by atoms with van der Waals surface area (Å²) in [5.41, 5.74) is 3.02. The van der Waals surface area contributed by atoms with Crippen molar-refractivity contribution in [2.24, 2.45) is 5.41 Å². The first-order valence-corrected chi connectivity index (χ1v) is 9.02. The molecule has 0 spiro atoms. The molecule has 1 aromatic rings. The Balaban J connectivity index is 1.95. The van der Waals surface area contributed by atoms with Gasteiger partial charge in [0.2, 0.25) is 0 Å². The minimum absolute atomic E-state index is 0.0729. The smallest absolute Gasteiger partial charge is 0.322 e. The maximum absolute atomic E-state index is 12.2. The van der Waals surface area contributed by atoms with Crippen LogP contribution in [0.2, 0.25) is 0 Å². The van der Waals surface area contributed by atoms with Crippen molar-refractivity contribution in [3.8, 4) is 0 Å². The van der Waals surface area contributed by atoms with Crippen LogP contribution in [0.15, 0.2) is 30.3 Å². The van der Waals surface area contributed by atoms with Crippen LogP contribution < -0.4 is 5.43 Å². The first-order valence-electron chi connectivity index (χ1n) is 8.39. The molecule has 1 unspecified atom stereocenters. The quantitative estimate of drug-likeness (QED) is 0.348. The fraction of sp³-hybridized carbons (Fsp3) is 0.500. The molecule has 25 heavy (non-hydrogen) atoms. The molecule has 0 aliphatic carbocycles. The van der Waals surface area contributed by atoms with Crippen LogP contribution in [0.25, 0.3) is 0 Å². The molecular weight excluding hydrogens is 340 g/mol. The minimum atomic E-state index is -0.945. The summed E-state index contributed by atoms with van der Waals surface area (Å²) in [7, 11) is 0. The van der Waals surface area contributed by atoms with E-state index in [1.54, 1.807) is 5.01 Å². The molecular formula is C18H24N2O4S. The van der Waals surface area contributed by atoms with Crippen molar-refractivity contribution in [1.82, 2.24) is 10.4 Å². The molecule has 1 atom stereocenters. The summed E-state index contributed by atoms with van der Waals surface area (Å²) >= 11 is 4.06. The average molecular weight is 364 g/mol. The minimum Gasteiger partial charge on any atom is -0.480 e.